The number of nitrogens with two attached hydrogens (primary N) is 1. The van der Waals surface area contributed by atoms with E-state index in [1.54, 1.807) is 6.92 Å². The fraction of sp³-hybridized carbons (Fsp3) is 0.462. The first-order valence-corrected chi connectivity index (χ1v) is 5.80. The van der Waals surface area contributed by atoms with Crippen LogP contribution in [0, 0.1) is 5.92 Å². The molecule has 1 rings (SSSR count). The standard InChI is InChI=1S/C13H20N2O2/c1-11(13(14)17)9-15(7-8-16)10-12-5-3-2-4-6-12/h2-6,11,16H,7-10H2,1H3,(H2,14,17). The summed E-state index contributed by atoms with van der Waals surface area (Å²) in [7, 11) is 0. The van der Waals surface area contributed by atoms with Crippen LogP contribution in [-0.2, 0) is 11.3 Å². The van der Waals surface area contributed by atoms with Gasteiger partial charge in [0.15, 0.2) is 0 Å². The maximum absolute atomic E-state index is 11.0. The minimum absolute atomic E-state index is 0.0817. The Balaban J connectivity index is 2.57. The predicted octanol–water partition coefficient (Wildman–Crippen LogP) is 0.602. The minimum atomic E-state index is -0.305. The molecule has 1 aromatic rings. The summed E-state index contributed by atoms with van der Waals surface area (Å²) in [6.45, 7) is 3.73. The van der Waals surface area contributed by atoms with Gasteiger partial charge in [-0.05, 0) is 5.56 Å². The van der Waals surface area contributed by atoms with E-state index in [0.717, 1.165) is 12.1 Å². The highest BCUT2D eigenvalue weighted by atomic mass is 16.3. The molecule has 0 saturated carbocycles. The van der Waals surface area contributed by atoms with Crippen molar-refractivity contribution >= 4 is 5.91 Å². The highest BCUT2D eigenvalue weighted by Gasteiger charge is 2.14. The third-order valence-electron chi connectivity index (χ3n) is 2.68. The molecule has 0 aliphatic heterocycles. The van der Waals surface area contributed by atoms with Crippen molar-refractivity contribution in [2.24, 2.45) is 11.7 Å². The Morgan fingerprint density at radius 2 is 2.06 bits per heavy atom. The van der Waals surface area contributed by atoms with Crippen LogP contribution in [0.25, 0.3) is 0 Å². The van der Waals surface area contributed by atoms with Crippen LogP contribution in [0.15, 0.2) is 30.3 Å². The average molecular weight is 236 g/mol. The Hall–Kier alpha value is -1.39. The van der Waals surface area contributed by atoms with E-state index in [1.807, 2.05) is 35.2 Å². The van der Waals surface area contributed by atoms with Crippen molar-refractivity contribution in [1.82, 2.24) is 4.90 Å². The maximum atomic E-state index is 11.0. The molecule has 0 saturated heterocycles. The van der Waals surface area contributed by atoms with E-state index < -0.39 is 0 Å². The highest BCUT2D eigenvalue weighted by molar-refractivity contribution is 5.76. The second-order valence-corrected chi connectivity index (χ2v) is 4.25. The molecule has 4 heteroatoms. The summed E-state index contributed by atoms with van der Waals surface area (Å²) in [6.07, 6.45) is 0. The van der Waals surface area contributed by atoms with Gasteiger partial charge < -0.3 is 10.8 Å². The molecule has 0 heterocycles. The number of carbonyl (C=O) groups excluding carboxylic acids is 1. The van der Waals surface area contributed by atoms with E-state index in [2.05, 4.69) is 0 Å². The zero-order valence-corrected chi connectivity index (χ0v) is 10.2. The summed E-state index contributed by atoms with van der Waals surface area (Å²) in [5.74, 6) is -0.508. The number of nitrogens with zero attached hydrogens (tertiary/aromatic N) is 1. The Bertz CT molecular complexity index is 341. The topological polar surface area (TPSA) is 66.6 Å². The highest BCUT2D eigenvalue weighted by Crippen LogP contribution is 2.07. The fourth-order valence-corrected chi connectivity index (χ4v) is 1.70. The second-order valence-electron chi connectivity index (χ2n) is 4.25. The van der Waals surface area contributed by atoms with Crippen molar-refractivity contribution in [2.45, 2.75) is 13.5 Å². The number of hydrogen-bond acceptors (Lipinski definition) is 3. The van der Waals surface area contributed by atoms with Crippen molar-refractivity contribution in [2.75, 3.05) is 19.7 Å². The van der Waals surface area contributed by atoms with E-state index in [0.29, 0.717) is 13.1 Å². The normalized spacial score (nSPS) is 12.6. The lowest BCUT2D eigenvalue weighted by molar-refractivity contribution is -0.121. The van der Waals surface area contributed by atoms with Crippen LogP contribution < -0.4 is 5.73 Å². The predicted molar refractivity (Wildman–Crippen MR) is 67.2 cm³/mol. The minimum Gasteiger partial charge on any atom is -0.395 e. The quantitative estimate of drug-likeness (QED) is 0.728. The molecule has 1 unspecified atom stereocenters. The summed E-state index contributed by atoms with van der Waals surface area (Å²) >= 11 is 0. The molecule has 0 fully saturated rings. The largest absolute Gasteiger partial charge is 0.395 e. The van der Waals surface area contributed by atoms with Crippen LogP contribution in [0.3, 0.4) is 0 Å². The smallest absolute Gasteiger partial charge is 0.221 e. The van der Waals surface area contributed by atoms with Gasteiger partial charge in [0.2, 0.25) is 5.91 Å². The lowest BCUT2D eigenvalue weighted by atomic mass is 10.1. The molecule has 1 amide bonds. The molecule has 4 nitrogen and oxygen atoms in total. The number of aliphatic hydroxyl groups is 1. The molecule has 0 radical (unpaired) electrons. The molecule has 3 N–H and O–H groups in total. The van der Waals surface area contributed by atoms with Gasteiger partial charge in [0, 0.05) is 25.6 Å². The third kappa shape index (κ3) is 4.97. The van der Waals surface area contributed by atoms with Gasteiger partial charge in [-0.2, -0.15) is 0 Å². The van der Waals surface area contributed by atoms with Crippen molar-refractivity contribution < 1.29 is 9.90 Å². The van der Waals surface area contributed by atoms with Gasteiger partial charge in [0.05, 0.1) is 6.61 Å². The van der Waals surface area contributed by atoms with Crippen LogP contribution in [0.5, 0.6) is 0 Å². The second kappa shape index (κ2) is 7.04. The lowest BCUT2D eigenvalue weighted by Gasteiger charge is -2.23. The molecule has 17 heavy (non-hydrogen) atoms. The van der Waals surface area contributed by atoms with Gasteiger partial charge >= 0.3 is 0 Å². The summed E-state index contributed by atoms with van der Waals surface area (Å²) in [6, 6.07) is 9.97. The van der Waals surface area contributed by atoms with E-state index >= 15 is 0 Å². The zero-order valence-electron chi connectivity index (χ0n) is 10.2. The van der Waals surface area contributed by atoms with Gasteiger partial charge in [-0.3, -0.25) is 9.69 Å². The summed E-state index contributed by atoms with van der Waals surface area (Å²) in [5, 5.41) is 9.01. The first kappa shape index (κ1) is 13.7. The third-order valence-corrected chi connectivity index (χ3v) is 2.68. The molecular weight excluding hydrogens is 216 g/mol. The SMILES string of the molecule is CC(CN(CCO)Cc1ccccc1)C(N)=O. The van der Waals surface area contributed by atoms with Crippen LogP contribution in [0.2, 0.25) is 0 Å². The van der Waals surface area contributed by atoms with Crippen molar-refractivity contribution in [3.8, 4) is 0 Å². The fourth-order valence-electron chi connectivity index (χ4n) is 1.70. The average Bonchev–Trinajstić information content (AvgIpc) is 2.30. The summed E-state index contributed by atoms with van der Waals surface area (Å²) in [4.78, 5) is 13.1. The zero-order chi connectivity index (χ0) is 12.7. The van der Waals surface area contributed by atoms with E-state index in [1.165, 1.54) is 0 Å². The summed E-state index contributed by atoms with van der Waals surface area (Å²) < 4.78 is 0. The van der Waals surface area contributed by atoms with Crippen LogP contribution in [0.4, 0.5) is 0 Å². The molecule has 0 aliphatic rings. The lowest BCUT2D eigenvalue weighted by Crippen LogP contribution is -2.36. The van der Waals surface area contributed by atoms with Crippen LogP contribution in [0.1, 0.15) is 12.5 Å². The number of primary amides is 1. The number of benzene rings is 1. The van der Waals surface area contributed by atoms with Crippen LogP contribution >= 0.6 is 0 Å². The van der Waals surface area contributed by atoms with Crippen LogP contribution in [-0.4, -0.2) is 35.6 Å². The first-order chi connectivity index (χ1) is 8.13. The van der Waals surface area contributed by atoms with E-state index in [4.69, 9.17) is 10.8 Å². The number of hydrogen-bond donors (Lipinski definition) is 2. The molecule has 0 bridgehead atoms. The molecule has 0 spiro atoms. The maximum Gasteiger partial charge on any atom is 0.221 e. The number of rotatable bonds is 7. The number of carbonyl (C=O) groups is 1. The van der Waals surface area contributed by atoms with Gasteiger partial charge in [-0.15, -0.1) is 0 Å². The van der Waals surface area contributed by atoms with Gasteiger partial charge in [-0.25, -0.2) is 0 Å². The molecule has 1 atom stereocenters. The Labute approximate surface area is 102 Å². The molecule has 0 aliphatic carbocycles. The number of aliphatic hydroxyl groups excluding tert-OH is 1. The van der Waals surface area contributed by atoms with Crippen molar-refractivity contribution in [3.63, 3.8) is 0 Å². The van der Waals surface area contributed by atoms with Gasteiger partial charge in [0.1, 0.15) is 0 Å². The van der Waals surface area contributed by atoms with E-state index in [9.17, 15) is 4.79 Å². The van der Waals surface area contributed by atoms with Crippen molar-refractivity contribution in [3.05, 3.63) is 35.9 Å². The Morgan fingerprint density at radius 1 is 1.41 bits per heavy atom. The Morgan fingerprint density at radius 3 is 2.59 bits per heavy atom. The molecule has 94 valence electrons. The monoisotopic (exact) mass is 236 g/mol. The Kier molecular flexibility index (Phi) is 5.66. The van der Waals surface area contributed by atoms with Gasteiger partial charge in [0.25, 0.3) is 0 Å². The van der Waals surface area contributed by atoms with E-state index in [-0.39, 0.29) is 18.4 Å². The first-order valence-electron chi connectivity index (χ1n) is 5.80. The number of amides is 1. The molecule has 1 aromatic carbocycles. The van der Waals surface area contributed by atoms with Crippen molar-refractivity contribution in [1.29, 1.82) is 0 Å². The molecule has 0 aromatic heterocycles. The molecular formula is C13H20N2O2. The van der Waals surface area contributed by atoms with Gasteiger partial charge in [-0.1, -0.05) is 37.3 Å². The summed E-state index contributed by atoms with van der Waals surface area (Å²) in [5.41, 5.74) is 6.41.